The standard InChI is InChI=1S/C24H25N/c1-2-3-4-15-24-22(21-14-7-8-16-23(21)25-24)17-19-12-9-11-18-10-5-6-13-20(18)19/h5-14,16,25H,2-4,15,17H2,1H3. The van der Waals surface area contributed by atoms with Gasteiger partial charge in [0.15, 0.2) is 0 Å². The third-order valence-electron chi connectivity index (χ3n) is 5.18. The Morgan fingerprint density at radius 2 is 1.52 bits per heavy atom. The monoisotopic (exact) mass is 327 g/mol. The molecule has 0 aliphatic carbocycles. The fourth-order valence-corrected chi connectivity index (χ4v) is 3.86. The molecule has 0 aliphatic heterocycles. The van der Waals surface area contributed by atoms with Gasteiger partial charge in [-0.1, -0.05) is 80.4 Å². The van der Waals surface area contributed by atoms with Gasteiger partial charge in [-0.2, -0.15) is 0 Å². The van der Waals surface area contributed by atoms with Crippen LogP contribution in [0, 0.1) is 0 Å². The number of aryl methyl sites for hydroxylation is 1. The van der Waals surface area contributed by atoms with E-state index in [-0.39, 0.29) is 0 Å². The maximum atomic E-state index is 3.69. The van der Waals surface area contributed by atoms with Gasteiger partial charge < -0.3 is 4.98 Å². The highest BCUT2D eigenvalue weighted by molar-refractivity contribution is 5.88. The molecular formula is C24H25N. The van der Waals surface area contributed by atoms with Gasteiger partial charge in [-0.05, 0) is 40.8 Å². The molecule has 1 aromatic heterocycles. The number of H-pyrrole nitrogens is 1. The molecule has 0 fully saturated rings. The predicted octanol–water partition coefficient (Wildman–Crippen LogP) is 6.64. The summed E-state index contributed by atoms with van der Waals surface area (Å²) in [5, 5.41) is 4.07. The third kappa shape index (κ3) is 3.19. The number of nitrogens with one attached hydrogen (secondary N) is 1. The van der Waals surface area contributed by atoms with Gasteiger partial charge in [-0.15, -0.1) is 0 Å². The van der Waals surface area contributed by atoms with Gasteiger partial charge >= 0.3 is 0 Å². The first-order valence-electron chi connectivity index (χ1n) is 9.42. The van der Waals surface area contributed by atoms with Crippen LogP contribution >= 0.6 is 0 Å². The summed E-state index contributed by atoms with van der Waals surface area (Å²) in [5.74, 6) is 0. The lowest BCUT2D eigenvalue weighted by Crippen LogP contribution is -1.95. The highest BCUT2D eigenvalue weighted by atomic mass is 14.7. The molecule has 1 heteroatoms. The van der Waals surface area contributed by atoms with Gasteiger partial charge in [0.05, 0.1) is 0 Å². The molecule has 1 heterocycles. The van der Waals surface area contributed by atoms with E-state index < -0.39 is 0 Å². The summed E-state index contributed by atoms with van der Waals surface area (Å²) in [6.07, 6.45) is 5.95. The second-order valence-electron chi connectivity index (χ2n) is 6.90. The van der Waals surface area contributed by atoms with Crippen molar-refractivity contribution in [2.24, 2.45) is 0 Å². The number of benzene rings is 3. The third-order valence-corrected chi connectivity index (χ3v) is 5.18. The van der Waals surface area contributed by atoms with E-state index in [1.54, 1.807) is 0 Å². The zero-order valence-electron chi connectivity index (χ0n) is 14.9. The normalized spacial score (nSPS) is 11.4. The zero-order chi connectivity index (χ0) is 17.1. The van der Waals surface area contributed by atoms with Crippen LogP contribution in [0.25, 0.3) is 21.7 Å². The number of aromatic nitrogens is 1. The van der Waals surface area contributed by atoms with Crippen LogP contribution in [0.1, 0.15) is 43.0 Å². The molecule has 0 saturated carbocycles. The molecule has 0 aliphatic rings. The summed E-state index contributed by atoms with van der Waals surface area (Å²) in [5.41, 5.74) is 5.58. The summed E-state index contributed by atoms with van der Waals surface area (Å²) < 4.78 is 0. The van der Waals surface area contributed by atoms with E-state index >= 15 is 0 Å². The van der Waals surface area contributed by atoms with Crippen LogP contribution in [0.4, 0.5) is 0 Å². The van der Waals surface area contributed by atoms with Crippen LogP contribution in [0.3, 0.4) is 0 Å². The van der Waals surface area contributed by atoms with Crippen molar-refractivity contribution in [2.45, 2.75) is 39.0 Å². The first kappa shape index (κ1) is 16.0. The topological polar surface area (TPSA) is 15.8 Å². The van der Waals surface area contributed by atoms with Crippen LogP contribution in [-0.4, -0.2) is 4.98 Å². The van der Waals surface area contributed by atoms with E-state index in [1.807, 2.05) is 0 Å². The van der Waals surface area contributed by atoms with Crippen LogP contribution in [0.15, 0.2) is 66.7 Å². The molecule has 4 aromatic rings. The quantitative estimate of drug-likeness (QED) is 0.382. The Hall–Kier alpha value is -2.54. The second-order valence-corrected chi connectivity index (χ2v) is 6.90. The number of rotatable bonds is 6. The smallest absolute Gasteiger partial charge is 0.0459 e. The van der Waals surface area contributed by atoms with E-state index in [9.17, 15) is 0 Å². The van der Waals surface area contributed by atoms with Gasteiger partial charge in [-0.3, -0.25) is 0 Å². The van der Waals surface area contributed by atoms with Crippen molar-refractivity contribution in [3.63, 3.8) is 0 Å². The lowest BCUT2D eigenvalue weighted by molar-refractivity contribution is 0.707. The van der Waals surface area contributed by atoms with E-state index in [0.29, 0.717) is 0 Å². The van der Waals surface area contributed by atoms with E-state index in [2.05, 4.69) is 78.6 Å². The number of hydrogen-bond acceptors (Lipinski definition) is 0. The molecule has 0 spiro atoms. The number of hydrogen-bond donors (Lipinski definition) is 1. The average molecular weight is 327 g/mol. The highest BCUT2D eigenvalue weighted by Crippen LogP contribution is 2.29. The summed E-state index contributed by atoms with van der Waals surface area (Å²) in [6, 6.07) is 24.1. The Kier molecular flexibility index (Phi) is 4.56. The summed E-state index contributed by atoms with van der Waals surface area (Å²) in [4.78, 5) is 3.69. The van der Waals surface area contributed by atoms with Crippen LogP contribution in [-0.2, 0) is 12.8 Å². The van der Waals surface area contributed by atoms with Crippen molar-refractivity contribution in [1.82, 2.24) is 4.98 Å². The van der Waals surface area contributed by atoms with Gasteiger partial charge in [0.25, 0.3) is 0 Å². The molecule has 0 bridgehead atoms. The number of aromatic amines is 1. The summed E-state index contributed by atoms with van der Waals surface area (Å²) >= 11 is 0. The van der Waals surface area contributed by atoms with Gasteiger partial charge in [-0.25, -0.2) is 0 Å². The van der Waals surface area contributed by atoms with Crippen LogP contribution in [0.2, 0.25) is 0 Å². The molecule has 0 amide bonds. The molecule has 0 radical (unpaired) electrons. The SMILES string of the molecule is CCCCCc1[nH]c2ccccc2c1Cc1cccc2ccccc12. The largest absolute Gasteiger partial charge is 0.358 e. The van der Waals surface area contributed by atoms with E-state index in [1.165, 1.54) is 57.8 Å². The van der Waals surface area contributed by atoms with Crippen LogP contribution in [0.5, 0.6) is 0 Å². The Balaban J connectivity index is 1.78. The minimum atomic E-state index is 0.993. The molecular weight excluding hydrogens is 302 g/mol. The molecule has 126 valence electrons. The molecule has 0 atom stereocenters. The average Bonchev–Trinajstić information content (AvgIpc) is 3.00. The maximum Gasteiger partial charge on any atom is 0.0459 e. The fraction of sp³-hybridized carbons (Fsp3) is 0.250. The Bertz CT molecular complexity index is 988. The van der Waals surface area contributed by atoms with Crippen molar-refractivity contribution in [1.29, 1.82) is 0 Å². The predicted molar refractivity (Wildman–Crippen MR) is 108 cm³/mol. The van der Waals surface area contributed by atoms with Crippen LogP contribution < -0.4 is 0 Å². The fourth-order valence-electron chi connectivity index (χ4n) is 3.86. The second kappa shape index (κ2) is 7.14. The molecule has 4 rings (SSSR count). The lowest BCUT2D eigenvalue weighted by Gasteiger charge is -2.09. The van der Waals surface area contributed by atoms with Crippen molar-refractivity contribution in [3.8, 4) is 0 Å². The number of fused-ring (bicyclic) bond motifs is 2. The van der Waals surface area contributed by atoms with Crippen molar-refractivity contribution in [2.75, 3.05) is 0 Å². The Morgan fingerprint density at radius 1 is 0.760 bits per heavy atom. The molecule has 3 aromatic carbocycles. The molecule has 1 nitrogen and oxygen atoms in total. The van der Waals surface area contributed by atoms with Gasteiger partial charge in [0.2, 0.25) is 0 Å². The molecule has 0 unspecified atom stereocenters. The zero-order valence-corrected chi connectivity index (χ0v) is 14.9. The van der Waals surface area contributed by atoms with E-state index in [4.69, 9.17) is 0 Å². The highest BCUT2D eigenvalue weighted by Gasteiger charge is 2.12. The lowest BCUT2D eigenvalue weighted by atomic mass is 9.95. The Labute approximate surface area is 149 Å². The van der Waals surface area contributed by atoms with Crippen molar-refractivity contribution >= 4 is 21.7 Å². The van der Waals surface area contributed by atoms with E-state index in [0.717, 1.165) is 12.8 Å². The van der Waals surface area contributed by atoms with Gasteiger partial charge in [0.1, 0.15) is 0 Å². The number of unbranched alkanes of at least 4 members (excludes halogenated alkanes) is 2. The first-order chi connectivity index (χ1) is 12.4. The molecule has 25 heavy (non-hydrogen) atoms. The minimum Gasteiger partial charge on any atom is -0.358 e. The van der Waals surface area contributed by atoms with Crippen molar-refractivity contribution in [3.05, 3.63) is 83.6 Å². The number of para-hydroxylation sites is 1. The summed E-state index contributed by atoms with van der Waals surface area (Å²) in [6.45, 7) is 2.27. The van der Waals surface area contributed by atoms with Gasteiger partial charge in [0, 0.05) is 23.0 Å². The Morgan fingerprint density at radius 3 is 2.40 bits per heavy atom. The van der Waals surface area contributed by atoms with Crippen molar-refractivity contribution < 1.29 is 0 Å². The first-order valence-corrected chi connectivity index (χ1v) is 9.42. The summed E-state index contributed by atoms with van der Waals surface area (Å²) in [7, 11) is 0. The maximum absolute atomic E-state index is 3.69. The molecule has 0 saturated heterocycles. The molecule has 1 N–H and O–H groups in total. The minimum absolute atomic E-state index is 0.993.